The summed E-state index contributed by atoms with van der Waals surface area (Å²) >= 11 is 6.93. The summed E-state index contributed by atoms with van der Waals surface area (Å²) in [4.78, 5) is 30.2. The van der Waals surface area contributed by atoms with Crippen molar-refractivity contribution in [2.24, 2.45) is 0 Å². The van der Waals surface area contributed by atoms with Crippen molar-refractivity contribution >= 4 is 45.6 Å². The predicted molar refractivity (Wildman–Crippen MR) is 155 cm³/mol. The van der Waals surface area contributed by atoms with Crippen molar-refractivity contribution in [3.8, 4) is 0 Å². The molecule has 0 amide bonds. The van der Waals surface area contributed by atoms with Crippen molar-refractivity contribution in [3.63, 3.8) is 0 Å². The van der Waals surface area contributed by atoms with E-state index in [4.69, 9.17) is 21.7 Å². The van der Waals surface area contributed by atoms with Crippen LogP contribution in [0.1, 0.15) is 56.6 Å². The first-order valence-corrected chi connectivity index (χ1v) is 14.0. The van der Waals surface area contributed by atoms with E-state index < -0.39 is 11.9 Å². The van der Waals surface area contributed by atoms with E-state index in [1.54, 1.807) is 20.8 Å². The number of nitrogens with zero attached hydrogens (tertiary/aromatic N) is 2. The number of hydrogen-bond donors (Lipinski definition) is 1. The summed E-state index contributed by atoms with van der Waals surface area (Å²) in [5.41, 5.74) is 3.38. The molecule has 0 atom stereocenters. The molecule has 38 heavy (non-hydrogen) atoms. The van der Waals surface area contributed by atoms with Crippen LogP contribution in [0, 0.1) is 6.92 Å². The number of esters is 2. The van der Waals surface area contributed by atoms with Crippen LogP contribution in [0.2, 0.25) is 0 Å². The van der Waals surface area contributed by atoms with Crippen LogP contribution in [0.3, 0.4) is 0 Å². The van der Waals surface area contributed by atoms with E-state index in [2.05, 4.69) is 63.6 Å². The normalized spacial score (nSPS) is 13.8. The third kappa shape index (κ3) is 6.23. The SMILES string of the molecule is CCOC(=O)c1sc(NC(=S)N2CCN(C(c3ccccc3)c3ccccc3)CC2)c(C(=O)OCC)c1C. The molecule has 2 aromatic carbocycles. The lowest BCUT2D eigenvalue weighted by Gasteiger charge is -2.40. The first-order chi connectivity index (χ1) is 18.4. The van der Waals surface area contributed by atoms with Crippen molar-refractivity contribution in [2.75, 3.05) is 44.7 Å². The highest BCUT2D eigenvalue weighted by atomic mass is 32.1. The molecule has 2 heterocycles. The van der Waals surface area contributed by atoms with Crippen LogP contribution in [0.5, 0.6) is 0 Å². The maximum absolute atomic E-state index is 12.8. The highest BCUT2D eigenvalue weighted by Gasteiger charge is 2.30. The molecule has 0 radical (unpaired) electrons. The van der Waals surface area contributed by atoms with E-state index in [-0.39, 0.29) is 19.3 Å². The highest BCUT2D eigenvalue weighted by molar-refractivity contribution is 7.80. The molecule has 0 saturated carbocycles. The van der Waals surface area contributed by atoms with Crippen molar-refractivity contribution in [1.29, 1.82) is 0 Å². The Hall–Kier alpha value is -3.27. The quantitative estimate of drug-likeness (QED) is 0.290. The molecule has 0 bridgehead atoms. The molecule has 1 aliphatic rings. The second-order valence-corrected chi connectivity index (χ2v) is 10.3. The summed E-state index contributed by atoms with van der Waals surface area (Å²) in [6, 6.07) is 21.2. The highest BCUT2D eigenvalue weighted by Crippen LogP contribution is 2.35. The lowest BCUT2D eigenvalue weighted by atomic mass is 9.96. The molecule has 1 saturated heterocycles. The molecule has 200 valence electrons. The number of benzene rings is 2. The van der Waals surface area contributed by atoms with Gasteiger partial charge in [-0.15, -0.1) is 11.3 Å². The number of anilines is 1. The second kappa shape index (κ2) is 13.0. The Morgan fingerprint density at radius 3 is 1.95 bits per heavy atom. The van der Waals surface area contributed by atoms with Gasteiger partial charge in [-0.2, -0.15) is 0 Å². The number of nitrogens with one attached hydrogen (secondary N) is 1. The van der Waals surface area contributed by atoms with E-state index in [1.807, 2.05) is 12.1 Å². The molecule has 1 aromatic heterocycles. The number of thiophene rings is 1. The maximum atomic E-state index is 12.8. The molecular weight excluding hydrogens is 518 g/mol. The summed E-state index contributed by atoms with van der Waals surface area (Å²) in [5.74, 6) is -0.943. The Labute approximate surface area is 233 Å². The molecule has 1 fully saturated rings. The van der Waals surface area contributed by atoms with Crippen molar-refractivity contribution in [2.45, 2.75) is 26.8 Å². The fourth-order valence-corrected chi connectivity index (χ4v) is 6.12. The summed E-state index contributed by atoms with van der Waals surface area (Å²) in [6.07, 6.45) is 0. The number of rotatable bonds is 8. The van der Waals surface area contributed by atoms with Crippen LogP contribution in [0.25, 0.3) is 0 Å². The number of thiocarbonyl (C=S) groups is 1. The summed E-state index contributed by atoms with van der Waals surface area (Å²) in [7, 11) is 0. The lowest BCUT2D eigenvalue weighted by molar-refractivity contribution is 0.0527. The third-order valence-corrected chi connectivity index (χ3v) is 8.05. The number of hydrogen-bond acceptors (Lipinski definition) is 7. The molecule has 4 rings (SSSR count). The average Bonchev–Trinajstić information content (AvgIpc) is 3.26. The average molecular weight is 552 g/mol. The van der Waals surface area contributed by atoms with Gasteiger partial charge >= 0.3 is 11.9 Å². The number of piperazine rings is 1. The van der Waals surface area contributed by atoms with E-state index in [0.29, 0.717) is 26.1 Å². The van der Waals surface area contributed by atoms with Gasteiger partial charge in [-0.25, -0.2) is 9.59 Å². The van der Waals surface area contributed by atoms with E-state index in [1.165, 1.54) is 22.5 Å². The molecule has 3 aromatic rings. The van der Waals surface area contributed by atoms with Crippen molar-refractivity contribution in [3.05, 3.63) is 87.8 Å². The van der Waals surface area contributed by atoms with Gasteiger partial charge in [-0.05, 0) is 49.7 Å². The van der Waals surface area contributed by atoms with Gasteiger partial charge in [0.1, 0.15) is 9.88 Å². The van der Waals surface area contributed by atoms with E-state index >= 15 is 0 Å². The van der Waals surface area contributed by atoms with Crippen LogP contribution in [0.15, 0.2) is 60.7 Å². The first-order valence-electron chi connectivity index (χ1n) is 12.8. The second-order valence-electron chi connectivity index (χ2n) is 8.88. The molecule has 1 N–H and O–H groups in total. The maximum Gasteiger partial charge on any atom is 0.348 e. The van der Waals surface area contributed by atoms with Gasteiger partial charge in [-0.3, -0.25) is 4.90 Å². The fraction of sp³-hybridized carbons (Fsp3) is 0.345. The Morgan fingerprint density at radius 2 is 1.42 bits per heavy atom. The van der Waals surface area contributed by atoms with E-state index in [9.17, 15) is 9.59 Å². The van der Waals surface area contributed by atoms with Gasteiger partial charge < -0.3 is 19.7 Å². The minimum Gasteiger partial charge on any atom is -0.462 e. The Kier molecular flexibility index (Phi) is 9.49. The number of carbonyl (C=O) groups excluding carboxylic acids is 2. The molecule has 1 aliphatic heterocycles. The minimum atomic E-state index is -0.486. The predicted octanol–water partition coefficient (Wildman–Crippen LogP) is 5.51. The Balaban J connectivity index is 1.49. The molecule has 7 nitrogen and oxygen atoms in total. The summed E-state index contributed by atoms with van der Waals surface area (Å²) in [5, 5.41) is 4.25. The molecule has 0 unspecified atom stereocenters. The monoisotopic (exact) mass is 551 g/mol. The molecule has 0 aliphatic carbocycles. The van der Waals surface area contributed by atoms with Crippen molar-refractivity contribution in [1.82, 2.24) is 9.80 Å². The van der Waals surface area contributed by atoms with E-state index in [0.717, 1.165) is 26.2 Å². The van der Waals surface area contributed by atoms with Gasteiger partial charge in [0.25, 0.3) is 0 Å². The molecule has 9 heteroatoms. The van der Waals surface area contributed by atoms with Gasteiger partial charge in [0.15, 0.2) is 5.11 Å². The summed E-state index contributed by atoms with van der Waals surface area (Å²) in [6.45, 7) is 8.81. The first kappa shape index (κ1) is 27.8. The third-order valence-electron chi connectivity index (χ3n) is 6.50. The largest absolute Gasteiger partial charge is 0.462 e. The minimum absolute atomic E-state index is 0.156. The summed E-state index contributed by atoms with van der Waals surface area (Å²) < 4.78 is 10.5. The van der Waals surface area contributed by atoms with Crippen molar-refractivity contribution < 1.29 is 19.1 Å². The van der Waals surface area contributed by atoms with Gasteiger partial charge in [-0.1, -0.05) is 60.7 Å². The topological polar surface area (TPSA) is 71.1 Å². The smallest absolute Gasteiger partial charge is 0.348 e. The van der Waals surface area contributed by atoms with Crippen LogP contribution < -0.4 is 5.32 Å². The number of carbonyl (C=O) groups is 2. The number of ether oxygens (including phenoxy) is 2. The van der Waals surface area contributed by atoms with Crippen LogP contribution >= 0.6 is 23.6 Å². The zero-order valence-electron chi connectivity index (χ0n) is 21.9. The van der Waals surface area contributed by atoms with Gasteiger partial charge in [0.2, 0.25) is 0 Å². The van der Waals surface area contributed by atoms with Crippen LogP contribution in [0.4, 0.5) is 5.00 Å². The lowest BCUT2D eigenvalue weighted by Crippen LogP contribution is -2.51. The Bertz CT molecular complexity index is 1220. The fourth-order valence-electron chi connectivity index (χ4n) is 4.69. The molecular formula is C29H33N3O4S2. The van der Waals surface area contributed by atoms with Gasteiger partial charge in [0, 0.05) is 26.2 Å². The zero-order valence-corrected chi connectivity index (χ0v) is 23.6. The van der Waals surface area contributed by atoms with Gasteiger partial charge in [0.05, 0.1) is 24.8 Å². The molecule has 0 spiro atoms. The Morgan fingerprint density at radius 1 is 0.895 bits per heavy atom. The standard InChI is InChI=1S/C29H33N3O4S2/c1-4-35-27(33)23-20(3)25(28(34)36-5-2)38-26(23)30-29(37)32-18-16-31(17-19-32)24(21-12-8-6-9-13-21)22-14-10-7-11-15-22/h6-15,24H,4-5,16-19H2,1-3H3,(H,30,37). The zero-order chi connectivity index (χ0) is 27.1. The van der Waals surface area contributed by atoms with Crippen LogP contribution in [-0.2, 0) is 9.47 Å². The van der Waals surface area contributed by atoms with Crippen LogP contribution in [-0.4, -0.2) is 66.2 Å².